The van der Waals surface area contributed by atoms with Crippen LogP contribution in [0, 0.1) is 0 Å². The monoisotopic (exact) mass is 853 g/mol. The fraction of sp³-hybridized carbons (Fsp3) is 0.764. The van der Waals surface area contributed by atoms with Gasteiger partial charge in [0, 0.05) is 19.3 Å². The molecule has 0 bridgehead atoms. The third kappa shape index (κ3) is 48.0. The molecule has 61 heavy (non-hydrogen) atoms. The van der Waals surface area contributed by atoms with E-state index in [9.17, 15) is 14.4 Å². The van der Waals surface area contributed by atoms with Crippen molar-refractivity contribution in [3.63, 3.8) is 0 Å². The molecule has 0 aliphatic heterocycles. The zero-order valence-corrected chi connectivity index (χ0v) is 40.2. The minimum Gasteiger partial charge on any atom is -0.462 e. The highest BCUT2D eigenvalue weighted by Gasteiger charge is 2.19. The van der Waals surface area contributed by atoms with Gasteiger partial charge in [-0.25, -0.2) is 0 Å². The number of allylic oxidation sites excluding steroid dienone is 10. The average molecular weight is 853 g/mol. The number of carbonyl (C=O) groups excluding carboxylic acids is 3. The van der Waals surface area contributed by atoms with Crippen molar-refractivity contribution in [2.75, 3.05) is 13.2 Å². The van der Waals surface area contributed by atoms with E-state index in [0.29, 0.717) is 19.3 Å². The molecule has 0 aromatic rings. The van der Waals surface area contributed by atoms with Crippen molar-refractivity contribution < 1.29 is 28.6 Å². The molecule has 0 radical (unpaired) electrons. The highest BCUT2D eigenvalue weighted by atomic mass is 16.6. The normalized spacial score (nSPS) is 12.5. The maximum Gasteiger partial charge on any atom is 0.306 e. The number of rotatable bonds is 46. The van der Waals surface area contributed by atoms with Crippen LogP contribution in [-0.4, -0.2) is 37.2 Å². The van der Waals surface area contributed by atoms with Crippen LogP contribution in [-0.2, 0) is 28.6 Å². The fourth-order valence-electron chi connectivity index (χ4n) is 7.00. The van der Waals surface area contributed by atoms with Gasteiger partial charge in [-0.2, -0.15) is 0 Å². The number of unbranched alkanes of at least 4 members (excludes halogenated alkanes) is 25. The van der Waals surface area contributed by atoms with E-state index < -0.39 is 6.10 Å². The number of hydrogen-bond acceptors (Lipinski definition) is 6. The lowest BCUT2D eigenvalue weighted by Gasteiger charge is -2.18. The van der Waals surface area contributed by atoms with Crippen molar-refractivity contribution in [1.82, 2.24) is 0 Å². The molecule has 0 N–H and O–H groups in total. The SMILES string of the molecule is CCCC/C=C\C/C=C\CCCCCCCC(=O)OC[C@H](COC(=O)CCCCCCC/C=C\CCCCCCCC)OC(=O)CCCCCCC/C=C\C/C=C\CCCC. The minimum atomic E-state index is -0.789. The van der Waals surface area contributed by atoms with Gasteiger partial charge in [0.1, 0.15) is 13.2 Å². The molecular weight excluding hydrogens is 757 g/mol. The Bertz CT molecular complexity index is 1120. The summed E-state index contributed by atoms with van der Waals surface area (Å²) >= 11 is 0. The van der Waals surface area contributed by atoms with E-state index in [-0.39, 0.29) is 31.1 Å². The first kappa shape index (κ1) is 58.1. The summed E-state index contributed by atoms with van der Waals surface area (Å²) in [4.78, 5) is 38.0. The summed E-state index contributed by atoms with van der Waals surface area (Å²) in [7, 11) is 0. The second kappa shape index (κ2) is 49.8. The fourth-order valence-corrected chi connectivity index (χ4v) is 7.00. The van der Waals surface area contributed by atoms with Crippen LogP contribution in [0.4, 0.5) is 0 Å². The summed E-state index contributed by atoms with van der Waals surface area (Å²) in [6.07, 6.45) is 60.5. The van der Waals surface area contributed by atoms with Gasteiger partial charge in [0.25, 0.3) is 0 Å². The van der Waals surface area contributed by atoms with Crippen LogP contribution >= 0.6 is 0 Å². The molecule has 0 amide bonds. The van der Waals surface area contributed by atoms with E-state index in [1.54, 1.807) is 0 Å². The summed E-state index contributed by atoms with van der Waals surface area (Å²) in [5.74, 6) is -0.922. The van der Waals surface area contributed by atoms with Crippen molar-refractivity contribution in [3.05, 3.63) is 60.8 Å². The summed E-state index contributed by atoms with van der Waals surface area (Å²) in [6.45, 7) is 6.52. The lowest BCUT2D eigenvalue weighted by molar-refractivity contribution is -0.167. The Morgan fingerprint density at radius 2 is 0.607 bits per heavy atom. The van der Waals surface area contributed by atoms with Gasteiger partial charge < -0.3 is 14.2 Å². The van der Waals surface area contributed by atoms with Gasteiger partial charge in [0.15, 0.2) is 6.10 Å². The summed E-state index contributed by atoms with van der Waals surface area (Å²) in [5.41, 5.74) is 0. The standard InChI is InChI=1S/C55H96O6/c1-4-7-10-13-16-19-22-25-28-31-33-36-39-42-45-48-54(57)60-51-52(61-55(58)49-46-43-40-37-34-30-27-24-21-18-15-12-9-6-3)50-59-53(56)47-44-41-38-35-32-29-26-23-20-17-14-11-8-5-2/h14-15,17-18,23-28,52H,4-13,16,19-22,29-51H2,1-3H3/b17-14-,18-15-,26-23-,27-24-,28-25-/t52-/m1/s1. The second-order valence-corrected chi connectivity index (χ2v) is 17.1. The van der Waals surface area contributed by atoms with Gasteiger partial charge in [0.2, 0.25) is 0 Å². The lowest BCUT2D eigenvalue weighted by Crippen LogP contribution is -2.30. The second-order valence-electron chi connectivity index (χ2n) is 17.1. The Labute approximate surface area is 377 Å². The smallest absolute Gasteiger partial charge is 0.306 e. The molecule has 0 aromatic heterocycles. The molecule has 1 atom stereocenters. The third-order valence-corrected chi connectivity index (χ3v) is 11.0. The van der Waals surface area contributed by atoms with E-state index in [1.807, 2.05) is 0 Å². The van der Waals surface area contributed by atoms with Gasteiger partial charge in [-0.05, 0) is 96.3 Å². The molecule has 352 valence electrons. The van der Waals surface area contributed by atoms with E-state index in [4.69, 9.17) is 14.2 Å². The molecule has 0 saturated heterocycles. The topological polar surface area (TPSA) is 78.9 Å². The van der Waals surface area contributed by atoms with Crippen molar-refractivity contribution >= 4 is 17.9 Å². The number of esters is 3. The van der Waals surface area contributed by atoms with Crippen LogP contribution in [0.25, 0.3) is 0 Å². The van der Waals surface area contributed by atoms with Crippen LogP contribution in [0.15, 0.2) is 60.8 Å². The van der Waals surface area contributed by atoms with Crippen LogP contribution in [0.2, 0.25) is 0 Å². The molecule has 0 unspecified atom stereocenters. The van der Waals surface area contributed by atoms with Gasteiger partial charge in [0.05, 0.1) is 0 Å². The first-order valence-corrected chi connectivity index (χ1v) is 25.8. The summed E-state index contributed by atoms with van der Waals surface area (Å²) in [5, 5.41) is 0. The Balaban J connectivity index is 4.43. The Morgan fingerprint density at radius 3 is 0.967 bits per heavy atom. The number of carbonyl (C=O) groups is 3. The quantitative estimate of drug-likeness (QED) is 0.0263. The molecule has 0 spiro atoms. The highest BCUT2D eigenvalue weighted by molar-refractivity contribution is 5.71. The molecule has 0 aliphatic carbocycles. The van der Waals surface area contributed by atoms with Gasteiger partial charge >= 0.3 is 17.9 Å². The Hall–Kier alpha value is -2.89. The van der Waals surface area contributed by atoms with E-state index in [2.05, 4.69) is 81.5 Å². The molecule has 0 heterocycles. The molecule has 6 nitrogen and oxygen atoms in total. The predicted octanol–water partition coefficient (Wildman–Crippen LogP) is 16.9. The van der Waals surface area contributed by atoms with Crippen molar-refractivity contribution in [3.8, 4) is 0 Å². The predicted molar refractivity (Wildman–Crippen MR) is 261 cm³/mol. The molecule has 0 fully saturated rings. The average Bonchev–Trinajstić information content (AvgIpc) is 3.26. The molecule has 0 aromatic carbocycles. The maximum absolute atomic E-state index is 12.8. The van der Waals surface area contributed by atoms with Crippen molar-refractivity contribution in [1.29, 1.82) is 0 Å². The number of hydrogen-bond donors (Lipinski definition) is 0. The minimum absolute atomic E-state index is 0.0887. The van der Waals surface area contributed by atoms with E-state index >= 15 is 0 Å². The summed E-state index contributed by atoms with van der Waals surface area (Å²) < 4.78 is 16.8. The zero-order valence-electron chi connectivity index (χ0n) is 40.2. The number of ether oxygens (including phenoxy) is 3. The molecule has 0 aliphatic rings. The van der Waals surface area contributed by atoms with E-state index in [0.717, 1.165) is 109 Å². The third-order valence-electron chi connectivity index (χ3n) is 11.0. The van der Waals surface area contributed by atoms with Crippen molar-refractivity contribution in [2.45, 2.75) is 258 Å². The van der Waals surface area contributed by atoms with Crippen LogP contribution in [0.1, 0.15) is 252 Å². The van der Waals surface area contributed by atoms with Crippen LogP contribution < -0.4 is 0 Å². The van der Waals surface area contributed by atoms with Crippen LogP contribution in [0.3, 0.4) is 0 Å². The maximum atomic E-state index is 12.8. The van der Waals surface area contributed by atoms with Crippen molar-refractivity contribution in [2.24, 2.45) is 0 Å². The molecule has 6 heteroatoms. The van der Waals surface area contributed by atoms with Crippen LogP contribution in [0.5, 0.6) is 0 Å². The lowest BCUT2D eigenvalue weighted by atomic mass is 10.1. The Kier molecular flexibility index (Phi) is 47.4. The first-order valence-electron chi connectivity index (χ1n) is 25.8. The largest absolute Gasteiger partial charge is 0.462 e. The Morgan fingerprint density at radius 1 is 0.328 bits per heavy atom. The van der Waals surface area contributed by atoms with Gasteiger partial charge in [-0.1, -0.05) is 197 Å². The molecule has 0 rings (SSSR count). The molecule has 0 saturated carbocycles. The summed E-state index contributed by atoms with van der Waals surface area (Å²) in [6, 6.07) is 0. The zero-order chi connectivity index (χ0) is 44.4. The van der Waals surface area contributed by atoms with E-state index in [1.165, 1.54) is 103 Å². The first-order chi connectivity index (χ1) is 30.0. The van der Waals surface area contributed by atoms with Gasteiger partial charge in [-0.3, -0.25) is 14.4 Å². The van der Waals surface area contributed by atoms with Gasteiger partial charge in [-0.15, -0.1) is 0 Å². The highest BCUT2D eigenvalue weighted by Crippen LogP contribution is 2.14. The molecular formula is C55H96O6.